The molecule has 4 atom stereocenters. The average molecular weight is 422 g/mol. The third kappa shape index (κ3) is 4.49. The average Bonchev–Trinajstić information content (AvgIpc) is 3.47. The first-order chi connectivity index (χ1) is 15.2. The van der Waals surface area contributed by atoms with Crippen LogP contribution in [0.4, 0.5) is 4.79 Å². The van der Waals surface area contributed by atoms with Crippen LogP contribution in [0.3, 0.4) is 0 Å². The maximum Gasteiger partial charge on any atom is 0.315 e. The van der Waals surface area contributed by atoms with E-state index >= 15 is 0 Å². The molecule has 3 saturated heterocycles. The Hall–Kier alpha value is -2.34. The van der Waals surface area contributed by atoms with Gasteiger partial charge >= 0.3 is 6.03 Å². The molecule has 6 heteroatoms. The quantitative estimate of drug-likeness (QED) is 0.747. The van der Waals surface area contributed by atoms with E-state index in [1.165, 1.54) is 43.5 Å². The van der Waals surface area contributed by atoms with Crippen molar-refractivity contribution < 1.29 is 4.79 Å². The van der Waals surface area contributed by atoms with E-state index in [1.807, 2.05) is 30.3 Å². The van der Waals surface area contributed by atoms with E-state index in [9.17, 15) is 4.79 Å². The van der Waals surface area contributed by atoms with Crippen LogP contribution in [0.15, 0.2) is 36.4 Å². The van der Waals surface area contributed by atoms with E-state index in [0.29, 0.717) is 30.3 Å². The fourth-order valence-electron chi connectivity index (χ4n) is 6.01. The molecular weight excluding hydrogens is 386 g/mol. The molecule has 166 valence electrons. The molecular formula is C25H35N5O. The molecule has 4 unspecified atom stereocenters. The van der Waals surface area contributed by atoms with Gasteiger partial charge in [-0.25, -0.2) is 4.79 Å². The van der Waals surface area contributed by atoms with E-state index in [4.69, 9.17) is 5.10 Å². The number of amides is 2. The number of urea groups is 1. The second-order valence-corrected chi connectivity index (χ2v) is 9.69. The smallest absolute Gasteiger partial charge is 0.315 e. The Morgan fingerprint density at radius 3 is 2.68 bits per heavy atom. The molecule has 1 saturated carbocycles. The number of hydrogen-bond donors (Lipinski definition) is 2. The summed E-state index contributed by atoms with van der Waals surface area (Å²) in [5.41, 5.74) is 3.86. The number of aromatic nitrogens is 2. The van der Waals surface area contributed by atoms with Gasteiger partial charge in [0.15, 0.2) is 0 Å². The molecule has 2 bridgehead atoms. The number of nitrogens with one attached hydrogen (secondary N) is 2. The monoisotopic (exact) mass is 421 g/mol. The van der Waals surface area contributed by atoms with Crippen LogP contribution in [0, 0.1) is 5.92 Å². The van der Waals surface area contributed by atoms with Crippen molar-refractivity contribution in [2.24, 2.45) is 13.0 Å². The number of benzene rings is 1. The Morgan fingerprint density at radius 1 is 1.13 bits per heavy atom. The molecule has 6 nitrogen and oxygen atoms in total. The van der Waals surface area contributed by atoms with Crippen molar-refractivity contribution in [2.45, 2.75) is 62.9 Å². The van der Waals surface area contributed by atoms with Gasteiger partial charge in [-0.1, -0.05) is 43.2 Å². The van der Waals surface area contributed by atoms with Crippen LogP contribution in [-0.2, 0) is 13.6 Å². The molecule has 4 heterocycles. The van der Waals surface area contributed by atoms with Gasteiger partial charge in [0.25, 0.3) is 0 Å². The van der Waals surface area contributed by atoms with Crippen LogP contribution >= 0.6 is 0 Å². The lowest BCUT2D eigenvalue weighted by Gasteiger charge is -2.49. The minimum absolute atomic E-state index is 0.0733. The minimum Gasteiger partial charge on any atom is -0.337 e. The zero-order valence-corrected chi connectivity index (χ0v) is 18.6. The Labute approximate surface area is 185 Å². The summed E-state index contributed by atoms with van der Waals surface area (Å²) in [6.07, 6.45) is 7.72. The number of piperidine rings is 3. The van der Waals surface area contributed by atoms with Gasteiger partial charge in [-0.2, -0.15) is 5.10 Å². The van der Waals surface area contributed by atoms with Gasteiger partial charge in [0.1, 0.15) is 0 Å². The Kier molecular flexibility index (Phi) is 5.99. The topological polar surface area (TPSA) is 62.2 Å². The number of aryl methyl sites for hydroxylation is 1. The molecule has 2 N–H and O–H groups in total. The predicted molar refractivity (Wildman–Crippen MR) is 122 cm³/mol. The van der Waals surface area contributed by atoms with E-state index < -0.39 is 0 Å². The number of hydrogen-bond acceptors (Lipinski definition) is 3. The molecule has 6 rings (SSSR count). The highest BCUT2D eigenvalue weighted by atomic mass is 16.2. The summed E-state index contributed by atoms with van der Waals surface area (Å²) in [6.45, 7) is 3.52. The minimum atomic E-state index is -0.0733. The van der Waals surface area contributed by atoms with Crippen molar-refractivity contribution in [3.8, 4) is 0 Å². The highest BCUT2D eigenvalue weighted by molar-refractivity contribution is 5.73. The summed E-state index contributed by atoms with van der Waals surface area (Å²) in [4.78, 5) is 14.9. The third-order valence-electron chi connectivity index (χ3n) is 7.76. The van der Waals surface area contributed by atoms with Crippen molar-refractivity contribution >= 4 is 6.03 Å². The number of rotatable bonds is 6. The fourth-order valence-corrected chi connectivity index (χ4v) is 6.01. The van der Waals surface area contributed by atoms with Crippen LogP contribution in [-0.4, -0.2) is 46.4 Å². The molecule has 0 radical (unpaired) electrons. The lowest BCUT2D eigenvalue weighted by molar-refractivity contribution is 0.0294. The van der Waals surface area contributed by atoms with Crippen LogP contribution in [0.25, 0.3) is 0 Å². The van der Waals surface area contributed by atoms with Gasteiger partial charge in [0, 0.05) is 50.3 Å². The predicted octanol–water partition coefficient (Wildman–Crippen LogP) is 3.75. The number of carbonyl (C=O) groups excluding carboxylic acids is 1. The molecule has 4 fully saturated rings. The first-order valence-corrected chi connectivity index (χ1v) is 12.0. The lowest BCUT2D eigenvalue weighted by Crippen LogP contribution is -2.56. The maximum absolute atomic E-state index is 12.3. The van der Waals surface area contributed by atoms with E-state index in [2.05, 4.69) is 33.3 Å². The summed E-state index contributed by atoms with van der Waals surface area (Å²) in [5.74, 6) is 1.94. The third-order valence-corrected chi connectivity index (χ3v) is 7.76. The Morgan fingerprint density at radius 2 is 1.94 bits per heavy atom. The van der Waals surface area contributed by atoms with Crippen LogP contribution in [0.5, 0.6) is 0 Å². The molecule has 4 aliphatic rings. The highest BCUT2D eigenvalue weighted by Gasteiger charge is 2.42. The first kappa shape index (κ1) is 20.6. The van der Waals surface area contributed by atoms with Gasteiger partial charge in [0.05, 0.1) is 5.69 Å². The molecule has 2 aromatic rings. The van der Waals surface area contributed by atoms with Crippen LogP contribution in [0.1, 0.15) is 67.3 Å². The molecule has 2 amide bonds. The first-order valence-electron chi connectivity index (χ1n) is 12.0. The number of fused-ring (bicyclic) bond motifs is 3. The van der Waals surface area contributed by atoms with E-state index in [0.717, 1.165) is 31.6 Å². The van der Waals surface area contributed by atoms with Crippen LogP contribution < -0.4 is 10.6 Å². The Bertz CT molecular complexity index is 889. The molecule has 1 aliphatic carbocycles. The van der Waals surface area contributed by atoms with Gasteiger partial charge in [-0.05, 0) is 49.8 Å². The van der Waals surface area contributed by atoms with Gasteiger partial charge in [0.2, 0.25) is 0 Å². The van der Waals surface area contributed by atoms with Gasteiger partial charge < -0.3 is 10.6 Å². The van der Waals surface area contributed by atoms with Crippen molar-refractivity contribution in [1.29, 1.82) is 0 Å². The normalized spacial score (nSPS) is 28.0. The second kappa shape index (κ2) is 9.03. The fraction of sp³-hybridized carbons (Fsp3) is 0.600. The number of nitrogens with zero attached hydrogens (tertiary/aromatic N) is 3. The zero-order chi connectivity index (χ0) is 21.2. The lowest BCUT2D eigenvalue weighted by atomic mass is 9.74. The van der Waals surface area contributed by atoms with Gasteiger partial charge in [-0.3, -0.25) is 9.58 Å². The highest BCUT2D eigenvalue weighted by Crippen LogP contribution is 2.43. The maximum atomic E-state index is 12.3. The summed E-state index contributed by atoms with van der Waals surface area (Å²) in [7, 11) is 2.13. The molecule has 1 aromatic heterocycles. The molecule has 0 spiro atoms. The largest absolute Gasteiger partial charge is 0.337 e. The molecule has 3 aliphatic heterocycles. The number of carbonyl (C=O) groups is 1. The molecule has 1 aromatic carbocycles. The zero-order valence-electron chi connectivity index (χ0n) is 18.6. The summed E-state index contributed by atoms with van der Waals surface area (Å²) >= 11 is 0. The van der Waals surface area contributed by atoms with E-state index in [-0.39, 0.29) is 6.03 Å². The summed E-state index contributed by atoms with van der Waals surface area (Å²) < 4.78 is 2.16. The van der Waals surface area contributed by atoms with Crippen molar-refractivity contribution in [1.82, 2.24) is 25.3 Å². The molecule has 31 heavy (non-hydrogen) atoms. The van der Waals surface area contributed by atoms with Crippen LogP contribution in [0.2, 0.25) is 0 Å². The van der Waals surface area contributed by atoms with Gasteiger partial charge in [-0.15, -0.1) is 0 Å². The summed E-state index contributed by atoms with van der Waals surface area (Å²) in [5, 5.41) is 11.0. The standard InChI is InChI=1S/C25H35N5O/c1-29-24(14-23(28-29)19-9-5-6-10-19)22-17-30-12-11-20(22)13-21(30)16-27-25(31)26-15-18-7-3-2-4-8-18/h2-4,7-8,14,19-22H,5-6,9-13,15-17H2,1H3,(H2,26,27,31). The van der Waals surface area contributed by atoms with E-state index in [1.54, 1.807) is 0 Å². The Balaban J connectivity index is 1.15. The second-order valence-electron chi connectivity index (χ2n) is 9.69. The van der Waals surface area contributed by atoms with Crippen molar-refractivity contribution in [2.75, 3.05) is 19.6 Å². The van der Waals surface area contributed by atoms with Crippen molar-refractivity contribution in [3.63, 3.8) is 0 Å². The summed E-state index contributed by atoms with van der Waals surface area (Å²) in [6, 6.07) is 12.8. The van der Waals surface area contributed by atoms with Crippen molar-refractivity contribution in [3.05, 3.63) is 53.3 Å². The SMILES string of the molecule is Cn1nc(C2CCCC2)cc1C1CN2CCC1CC2CNC(=O)NCc1ccccc1.